The highest BCUT2D eigenvalue weighted by Crippen LogP contribution is 2.22. The Morgan fingerprint density at radius 2 is 1.96 bits per heavy atom. The molecule has 6 nitrogen and oxygen atoms in total. The van der Waals surface area contributed by atoms with E-state index in [1.807, 2.05) is 42.5 Å². The largest absolute Gasteiger partial charge is 0.474 e. The van der Waals surface area contributed by atoms with Crippen LogP contribution < -0.4 is 15.4 Å². The molecule has 1 heterocycles. The number of rotatable bonds is 7. The molecular weight excluding hydrogens is 330 g/mol. The van der Waals surface area contributed by atoms with Crippen molar-refractivity contribution in [3.05, 3.63) is 59.8 Å². The Kier molecular flexibility index (Phi) is 6.44. The number of aliphatic hydroxyl groups excluding tert-OH is 1. The summed E-state index contributed by atoms with van der Waals surface area (Å²) in [6, 6.07) is 12.4. The van der Waals surface area contributed by atoms with Crippen molar-refractivity contribution in [1.29, 1.82) is 0 Å². The van der Waals surface area contributed by atoms with Crippen LogP contribution in [0.5, 0.6) is 5.88 Å². The minimum absolute atomic E-state index is 0.161. The topological polar surface area (TPSA) is 83.5 Å². The van der Waals surface area contributed by atoms with Gasteiger partial charge in [0.1, 0.15) is 6.10 Å². The number of carbonyl (C=O) groups excluding carboxylic acids is 1. The van der Waals surface area contributed by atoms with E-state index >= 15 is 0 Å². The Labute approximate surface area is 153 Å². The number of aliphatic hydroxyl groups is 1. The summed E-state index contributed by atoms with van der Waals surface area (Å²) in [7, 11) is 0. The average molecular weight is 355 g/mol. The molecule has 138 valence electrons. The van der Waals surface area contributed by atoms with Crippen molar-refractivity contribution >= 4 is 6.03 Å². The second-order valence-corrected chi connectivity index (χ2v) is 6.50. The second kappa shape index (κ2) is 9.20. The Morgan fingerprint density at radius 1 is 1.19 bits per heavy atom. The minimum Gasteiger partial charge on any atom is -0.474 e. The predicted octanol–water partition coefficient (Wildman–Crippen LogP) is 2.94. The molecule has 1 aliphatic carbocycles. The Hall–Kier alpha value is -2.60. The zero-order valence-corrected chi connectivity index (χ0v) is 14.7. The third-order valence-electron chi connectivity index (χ3n) is 4.53. The molecule has 1 atom stereocenters. The van der Waals surface area contributed by atoms with Gasteiger partial charge in [-0.1, -0.05) is 36.4 Å². The van der Waals surface area contributed by atoms with Crippen molar-refractivity contribution in [1.82, 2.24) is 15.6 Å². The van der Waals surface area contributed by atoms with Crippen LogP contribution in [0.4, 0.5) is 4.79 Å². The maximum absolute atomic E-state index is 12.1. The molecule has 1 aliphatic rings. The first-order chi connectivity index (χ1) is 12.7. The number of hydrogen-bond donors (Lipinski definition) is 3. The first-order valence-electron chi connectivity index (χ1n) is 9.06. The Bertz CT molecular complexity index is 685. The van der Waals surface area contributed by atoms with E-state index in [1.54, 1.807) is 6.20 Å². The van der Waals surface area contributed by atoms with Crippen molar-refractivity contribution in [2.75, 3.05) is 6.61 Å². The van der Waals surface area contributed by atoms with Crippen LogP contribution in [0.1, 0.15) is 42.9 Å². The summed E-state index contributed by atoms with van der Waals surface area (Å²) in [6.07, 6.45) is 6.63. The molecule has 1 unspecified atom stereocenters. The fourth-order valence-electron chi connectivity index (χ4n) is 3.07. The number of benzene rings is 1. The van der Waals surface area contributed by atoms with E-state index < -0.39 is 6.04 Å². The number of amides is 2. The summed E-state index contributed by atoms with van der Waals surface area (Å²) in [6.45, 7) is 0.196. The molecule has 2 amide bonds. The highest BCUT2D eigenvalue weighted by molar-refractivity contribution is 5.74. The van der Waals surface area contributed by atoms with Crippen LogP contribution in [-0.2, 0) is 6.54 Å². The van der Waals surface area contributed by atoms with E-state index in [9.17, 15) is 9.90 Å². The fraction of sp³-hybridized carbons (Fsp3) is 0.400. The van der Waals surface area contributed by atoms with Crippen LogP contribution in [0, 0.1) is 0 Å². The number of pyridine rings is 1. The molecule has 0 spiro atoms. The van der Waals surface area contributed by atoms with Gasteiger partial charge in [-0.2, -0.15) is 0 Å². The van der Waals surface area contributed by atoms with Crippen molar-refractivity contribution in [2.24, 2.45) is 0 Å². The molecule has 1 saturated carbocycles. The van der Waals surface area contributed by atoms with Gasteiger partial charge in [-0.15, -0.1) is 0 Å². The smallest absolute Gasteiger partial charge is 0.315 e. The van der Waals surface area contributed by atoms with Crippen molar-refractivity contribution in [3.63, 3.8) is 0 Å². The highest BCUT2D eigenvalue weighted by Gasteiger charge is 2.17. The molecule has 1 aromatic heterocycles. The summed E-state index contributed by atoms with van der Waals surface area (Å²) in [5, 5.41) is 15.0. The van der Waals surface area contributed by atoms with Gasteiger partial charge in [-0.05, 0) is 36.8 Å². The molecule has 0 aliphatic heterocycles. The molecule has 3 N–H and O–H groups in total. The van der Waals surface area contributed by atoms with E-state index in [0.717, 1.165) is 24.0 Å². The normalized spacial score (nSPS) is 15.4. The lowest BCUT2D eigenvalue weighted by Gasteiger charge is -2.17. The third kappa shape index (κ3) is 5.20. The fourth-order valence-corrected chi connectivity index (χ4v) is 3.07. The number of aromatic nitrogens is 1. The number of urea groups is 1. The lowest BCUT2D eigenvalue weighted by atomic mass is 10.1. The van der Waals surface area contributed by atoms with E-state index in [1.165, 1.54) is 12.8 Å². The quantitative estimate of drug-likeness (QED) is 0.713. The van der Waals surface area contributed by atoms with Gasteiger partial charge in [0.2, 0.25) is 5.88 Å². The summed E-state index contributed by atoms with van der Waals surface area (Å²) in [5.74, 6) is 0.634. The summed E-state index contributed by atoms with van der Waals surface area (Å²) in [5.41, 5.74) is 1.75. The lowest BCUT2D eigenvalue weighted by molar-refractivity contribution is 0.201. The van der Waals surface area contributed by atoms with Crippen LogP contribution in [0.25, 0.3) is 0 Å². The molecule has 0 bridgehead atoms. The van der Waals surface area contributed by atoms with Gasteiger partial charge in [0.15, 0.2) is 0 Å². The van der Waals surface area contributed by atoms with Crippen LogP contribution >= 0.6 is 0 Å². The van der Waals surface area contributed by atoms with Gasteiger partial charge in [-0.3, -0.25) is 0 Å². The summed E-state index contributed by atoms with van der Waals surface area (Å²) in [4.78, 5) is 16.4. The second-order valence-electron chi connectivity index (χ2n) is 6.50. The first-order valence-corrected chi connectivity index (χ1v) is 9.06. The molecule has 6 heteroatoms. The summed E-state index contributed by atoms with van der Waals surface area (Å²) < 4.78 is 5.83. The van der Waals surface area contributed by atoms with Crippen LogP contribution in [0.15, 0.2) is 48.7 Å². The zero-order valence-electron chi connectivity index (χ0n) is 14.7. The molecule has 26 heavy (non-hydrogen) atoms. The van der Waals surface area contributed by atoms with Gasteiger partial charge < -0.3 is 20.5 Å². The highest BCUT2D eigenvalue weighted by atomic mass is 16.5. The van der Waals surface area contributed by atoms with Gasteiger partial charge >= 0.3 is 6.03 Å². The lowest BCUT2D eigenvalue weighted by Crippen LogP contribution is -2.38. The van der Waals surface area contributed by atoms with E-state index in [2.05, 4.69) is 15.6 Å². The van der Waals surface area contributed by atoms with Crippen LogP contribution in [-0.4, -0.2) is 28.8 Å². The van der Waals surface area contributed by atoms with Gasteiger partial charge in [0, 0.05) is 18.8 Å². The number of ether oxygens (including phenoxy) is 1. The SMILES string of the molecule is O=C(NCc1ccc(OC2CCCC2)nc1)NC(CO)c1ccccc1. The molecule has 0 radical (unpaired) electrons. The van der Waals surface area contributed by atoms with Crippen molar-refractivity contribution in [2.45, 2.75) is 44.4 Å². The Morgan fingerprint density at radius 3 is 2.62 bits per heavy atom. The maximum Gasteiger partial charge on any atom is 0.315 e. The third-order valence-corrected chi connectivity index (χ3v) is 4.53. The van der Waals surface area contributed by atoms with E-state index in [0.29, 0.717) is 12.4 Å². The molecule has 1 fully saturated rings. The van der Waals surface area contributed by atoms with Crippen LogP contribution in [0.2, 0.25) is 0 Å². The number of nitrogens with one attached hydrogen (secondary N) is 2. The molecule has 0 saturated heterocycles. The van der Waals surface area contributed by atoms with E-state index in [-0.39, 0.29) is 18.7 Å². The molecule has 3 rings (SSSR count). The maximum atomic E-state index is 12.1. The van der Waals surface area contributed by atoms with Crippen LogP contribution in [0.3, 0.4) is 0 Å². The number of hydrogen-bond acceptors (Lipinski definition) is 4. The average Bonchev–Trinajstić information content (AvgIpc) is 3.19. The van der Waals surface area contributed by atoms with Crippen molar-refractivity contribution in [3.8, 4) is 5.88 Å². The summed E-state index contributed by atoms with van der Waals surface area (Å²) >= 11 is 0. The number of carbonyl (C=O) groups is 1. The minimum atomic E-state index is -0.434. The van der Waals surface area contributed by atoms with E-state index in [4.69, 9.17) is 4.74 Å². The van der Waals surface area contributed by atoms with Gasteiger partial charge in [0.05, 0.1) is 12.6 Å². The first kappa shape index (κ1) is 18.2. The monoisotopic (exact) mass is 355 g/mol. The zero-order chi connectivity index (χ0) is 18.2. The van der Waals surface area contributed by atoms with Gasteiger partial charge in [-0.25, -0.2) is 9.78 Å². The molecule has 1 aromatic carbocycles. The molecular formula is C20H25N3O3. The van der Waals surface area contributed by atoms with Crippen molar-refractivity contribution < 1.29 is 14.6 Å². The molecule has 2 aromatic rings. The standard InChI is InChI=1S/C20H25N3O3/c24-14-18(16-6-2-1-3-7-16)23-20(25)22-13-15-10-11-19(21-12-15)26-17-8-4-5-9-17/h1-3,6-7,10-12,17-18,24H,4-5,8-9,13-14H2,(H2,22,23,25). The predicted molar refractivity (Wildman–Crippen MR) is 98.8 cm³/mol. The Balaban J connectivity index is 1.46. The van der Waals surface area contributed by atoms with Gasteiger partial charge in [0.25, 0.3) is 0 Å². The number of nitrogens with zero attached hydrogens (tertiary/aromatic N) is 1.